The lowest BCUT2D eigenvalue weighted by Gasteiger charge is -2.32. The zero-order valence-electron chi connectivity index (χ0n) is 14.5. The Bertz CT molecular complexity index is 741. The highest BCUT2D eigenvalue weighted by Gasteiger charge is 2.31. The standard InChI is InChI=1S/C17H24N2O5S/c1-23-15-5-3-4-12-10-13(11-24-16(12)15)17(20)18-14-6-8-19(9-7-14)25(2,21)22/h3-5,13-14H,6-11H2,1-2H3,(H,18,20). The van der Waals surface area contributed by atoms with Gasteiger partial charge >= 0.3 is 0 Å². The summed E-state index contributed by atoms with van der Waals surface area (Å²) in [6.07, 6.45) is 3.10. The molecule has 2 heterocycles. The van der Waals surface area contributed by atoms with Gasteiger partial charge in [-0.1, -0.05) is 12.1 Å². The summed E-state index contributed by atoms with van der Waals surface area (Å²) in [4.78, 5) is 12.6. The molecular formula is C17H24N2O5S. The number of piperidine rings is 1. The molecule has 1 amide bonds. The molecule has 2 aliphatic heterocycles. The van der Waals surface area contributed by atoms with Crippen molar-refractivity contribution in [2.24, 2.45) is 5.92 Å². The van der Waals surface area contributed by atoms with E-state index in [1.165, 1.54) is 10.6 Å². The second-order valence-corrected chi connectivity index (χ2v) is 8.59. The monoisotopic (exact) mass is 368 g/mol. The maximum absolute atomic E-state index is 12.6. The number of benzene rings is 1. The van der Waals surface area contributed by atoms with E-state index in [0.717, 1.165) is 11.3 Å². The number of methoxy groups -OCH3 is 1. The molecule has 0 aliphatic carbocycles. The number of hydrogen-bond donors (Lipinski definition) is 1. The Morgan fingerprint density at radius 3 is 2.68 bits per heavy atom. The molecule has 1 atom stereocenters. The van der Waals surface area contributed by atoms with E-state index in [9.17, 15) is 13.2 Å². The van der Waals surface area contributed by atoms with Gasteiger partial charge in [0.25, 0.3) is 0 Å². The summed E-state index contributed by atoms with van der Waals surface area (Å²) in [5.41, 5.74) is 0.970. The number of hydrogen-bond acceptors (Lipinski definition) is 5. The molecule has 1 saturated heterocycles. The van der Waals surface area contributed by atoms with Crippen LogP contribution in [0.15, 0.2) is 18.2 Å². The molecule has 0 spiro atoms. The van der Waals surface area contributed by atoms with Crippen LogP contribution in [0.25, 0.3) is 0 Å². The van der Waals surface area contributed by atoms with Crippen molar-refractivity contribution in [1.82, 2.24) is 9.62 Å². The summed E-state index contributed by atoms with van der Waals surface area (Å²) < 4.78 is 35.6. The third kappa shape index (κ3) is 4.07. The second kappa shape index (κ2) is 7.21. The normalized spacial score (nSPS) is 21.9. The highest BCUT2D eigenvalue weighted by Crippen LogP contribution is 2.36. The van der Waals surface area contributed by atoms with Crippen molar-refractivity contribution in [2.75, 3.05) is 33.1 Å². The fourth-order valence-corrected chi connectivity index (χ4v) is 4.25. The smallest absolute Gasteiger partial charge is 0.227 e. The molecule has 0 bridgehead atoms. The van der Waals surface area contributed by atoms with Gasteiger partial charge in [-0.2, -0.15) is 0 Å². The maximum Gasteiger partial charge on any atom is 0.227 e. The molecular weight excluding hydrogens is 344 g/mol. The lowest BCUT2D eigenvalue weighted by molar-refractivity contribution is -0.127. The Kier molecular flexibility index (Phi) is 5.19. The molecule has 1 N–H and O–H groups in total. The van der Waals surface area contributed by atoms with Crippen LogP contribution in [0.1, 0.15) is 18.4 Å². The lowest BCUT2D eigenvalue weighted by Crippen LogP contribution is -2.48. The first-order chi connectivity index (χ1) is 11.9. The van der Waals surface area contributed by atoms with E-state index in [1.807, 2.05) is 18.2 Å². The van der Waals surface area contributed by atoms with Gasteiger partial charge < -0.3 is 14.8 Å². The molecule has 0 saturated carbocycles. The van der Waals surface area contributed by atoms with E-state index in [1.54, 1.807) is 7.11 Å². The van der Waals surface area contributed by atoms with Gasteiger partial charge in [0.05, 0.1) is 19.3 Å². The quantitative estimate of drug-likeness (QED) is 0.849. The largest absolute Gasteiger partial charge is 0.493 e. The minimum Gasteiger partial charge on any atom is -0.493 e. The van der Waals surface area contributed by atoms with Crippen molar-refractivity contribution in [3.05, 3.63) is 23.8 Å². The van der Waals surface area contributed by atoms with E-state index in [0.29, 0.717) is 44.7 Å². The van der Waals surface area contributed by atoms with Crippen molar-refractivity contribution in [1.29, 1.82) is 0 Å². The maximum atomic E-state index is 12.6. The number of carbonyl (C=O) groups excluding carboxylic acids is 1. The topological polar surface area (TPSA) is 84.9 Å². The van der Waals surface area contributed by atoms with Crippen molar-refractivity contribution in [3.63, 3.8) is 0 Å². The van der Waals surface area contributed by atoms with Crippen molar-refractivity contribution < 1.29 is 22.7 Å². The second-order valence-electron chi connectivity index (χ2n) is 6.61. The number of amides is 1. The number of nitrogens with one attached hydrogen (secondary N) is 1. The van der Waals surface area contributed by atoms with E-state index in [2.05, 4.69) is 5.32 Å². The number of fused-ring (bicyclic) bond motifs is 1. The molecule has 0 radical (unpaired) electrons. The van der Waals surface area contributed by atoms with Crippen molar-refractivity contribution in [2.45, 2.75) is 25.3 Å². The average Bonchev–Trinajstić information content (AvgIpc) is 2.60. The van der Waals surface area contributed by atoms with Gasteiger partial charge in [-0.05, 0) is 30.9 Å². The predicted molar refractivity (Wildman–Crippen MR) is 93.3 cm³/mol. The van der Waals surface area contributed by atoms with Crippen LogP contribution in [0.3, 0.4) is 0 Å². The first-order valence-corrected chi connectivity index (χ1v) is 10.3. The van der Waals surface area contributed by atoms with Gasteiger partial charge in [0.15, 0.2) is 11.5 Å². The van der Waals surface area contributed by atoms with Gasteiger partial charge in [0.1, 0.15) is 6.61 Å². The van der Waals surface area contributed by atoms with Crippen LogP contribution in [0.4, 0.5) is 0 Å². The molecule has 3 rings (SSSR count). The van der Waals surface area contributed by atoms with Crippen LogP contribution in [0, 0.1) is 5.92 Å². The molecule has 1 unspecified atom stereocenters. The Labute approximate surface area is 148 Å². The Morgan fingerprint density at radius 2 is 2.04 bits per heavy atom. The molecule has 1 aromatic rings. The fourth-order valence-electron chi connectivity index (χ4n) is 3.37. The molecule has 2 aliphatic rings. The molecule has 138 valence electrons. The predicted octanol–water partition coefficient (Wildman–Crippen LogP) is 0.786. The summed E-state index contributed by atoms with van der Waals surface area (Å²) >= 11 is 0. The van der Waals surface area contributed by atoms with Crippen LogP contribution in [-0.4, -0.2) is 57.7 Å². The van der Waals surface area contributed by atoms with E-state index >= 15 is 0 Å². The van der Waals surface area contributed by atoms with Crippen LogP contribution in [0.2, 0.25) is 0 Å². The first-order valence-electron chi connectivity index (χ1n) is 8.42. The third-order valence-corrected chi connectivity index (χ3v) is 6.12. The van der Waals surface area contributed by atoms with Gasteiger partial charge in [0.2, 0.25) is 15.9 Å². The molecule has 1 fully saturated rings. The first kappa shape index (κ1) is 18.0. The van der Waals surface area contributed by atoms with E-state index in [-0.39, 0.29) is 17.9 Å². The summed E-state index contributed by atoms with van der Waals surface area (Å²) in [5.74, 6) is 1.12. The average molecular weight is 368 g/mol. The zero-order chi connectivity index (χ0) is 18.0. The Balaban J connectivity index is 1.56. The number of para-hydroxylation sites is 1. The van der Waals surface area contributed by atoms with Gasteiger partial charge in [-0.15, -0.1) is 0 Å². The Hall–Kier alpha value is -1.80. The third-order valence-electron chi connectivity index (χ3n) is 4.82. The minimum absolute atomic E-state index is 0.0113. The highest BCUT2D eigenvalue weighted by molar-refractivity contribution is 7.88. The Morgan fingerprint density at radius 1 is 1.32 bits per heavy atom. The van der Waals surface area contributed by atoms with Crippen LogP contribution >= 0.6 is 0 Å². The van der Waals surface area contributed by atoms with Crippen molar-refractivity contribution >= 4 is 15.9 Å². The van der Waals surface area contributed by atoms with Crippen LogP contribution in [0.5, 0.6) is 11.5 Å². The number of nitrogens with zero attached hydrogens (tertiary/aromatic N) is 1. The molecule has 0 aromatic heterocycles. The molecule has 25 heavy (non-hydrogen) atoms. The SMILES string of the molecule is COc1cccc2c1OCC(C(=O)NC1CCN(S(C)(=O)=O)CC1)C2. The van der Waals surface area contributed by atoms with Crippen molar-refractivity contribution in [3.8, 4) is 11.5 Å². The van der Waals surface area contributed by atoms with E-state index < -0.39 is 10.0 Å². The number of rotatable bonds is 4. The summed E-state index contributed by atoms with van der Waals surface area (Å²) in [7, 11) is -1.55. The minimum atomic E-state index is -3.15. The summed E-state index contributed by atoms with van der Waals surface area (Å²) in [6, 6.07) is 5.69. The molecule has 1 aromatic carbocycles. The van der Waals surface area contributed by atoms with Crippen LogP contribution in [-0.2, 0) is 21.2 Å². The lowest BCUT2D eigenvalue weighted by atomic mass is 9.95. The fraction of sp³-hybridized carbons (Fsp3) is 0.588. The number of ether oxygens (including phenoxy) is 2. The highest BCUT2D eigenvalue weighted by atomic mass is 32.2. The number of carbonyl (C=O) groups is 1. The van der Waals surface area contributed by atoms with Crippen LogP contribution < -0.4 is 14.8 Å². The summed E-state index contributed by atoms with van der Waals surface area (Å²) in [6.45, 7) is 1.22. The van der Waals surface area contributed by atoms with Gasteiger partial charge in [0, 0.05) is 19.1 Å². The zero-order valence-corrected chi connectivity index (χ0v) is 15.3. The number of sulfonamides is 1. The summed E-state index contributed by atoms with van der Waals surface area (Å²) in [5, 5.41) is 3.05. The van der Waals surface area contributed by atoms with Gasteiger partial charge in [-0.25, -0.2) is 12.7 Å². The van der Waals surface area contributed by atoms with E-state index in [4.69, 9.17) is 9.47 Å². The molecule has 7 nitrogen and oxygen atoms in total. The molecule has 8 heteroatoms. The van der Waals surface area contributed by atoms with Gasteiger partial charge in [-0.3, -0.25) is 4.79 Å².